The summed E-state index contributed by atoms with van der Waals surface area (Å²) in [6.07, 6.45) is 0.0786. The Morgan fingerprint density at radius 1 is 1.35 bits per heavy atom. The fourth-order valence-corrected chi connectivity index (χ4v) is 1.55. The van der Waals surface area contributed by atoms with Crippen molar-refractivity contribution in [2.45, 2.75) is 13.0 Å². The number of carboxylic acid groups (broad SMARTS) is 1. The molecule has 0 fully saturated rings. The first-order chi connectivity index (χ1) is 8.00. The van der Waals surface area contributed by atoms with E-state index in [0.717, 1.165) is 5.56 Å². The molecule has 0 unspecified atom stereocenters. The first-order valence-electron chi connectivity index (χ1n) is 5.28. The van der Waals surface area contributed by atoms with Gasteiger partial charge in [0, 0.05) is 18.7 Å². The minimum Gasteiger partial charge on any atom is -0.481 e. The summed E-state index contributed by atoms with van der Waals surface area (Å²) in [6.45, 7) is 0.939. The number of hydrogen-bond donors (Lipinski definition) is 2. The zero-order chi connectivity index (χ0) is 12.8. The Hall–Kier alpha value is -1.88. The van der Waals surface area contributed by atoms with Crippen molar-refractivity contribution in [3.63, 3.8) is 0 Å². The molecule has 0 bridgehead atoms. The highest BCUT2D eigenvalue weighted by Crippen LogP contribution is 2.10. The molecule has 0 atom stereocenters. The van der Waals surface area contributed by atoms with Crippen LogP contribution >= 0.6 is 0 Å². The van der Waals surface area contributed by atoms with Crippen molar-refractivity contribution >= 4 is 11.9 Å². The fraction of sp³-hybridized carbons (Fsp3) is 0.333. The van der Waals surface area contributed by atoms with E-state index in [0.29, 0.717) is 18.7 Å². The lowest BCUT2D eigenvalue weighted by atomic mass is 10.1. The zero-order valence-electron chi connectivity index (χ0n) is 9.72. The highest BCUT2D eigenvalue weighted by atomic mass is 16.4. The summed E-state index contributed by atoms with van der Waals surface area (Å²) in [4.78, 5) is 23.5. The standard InChI is InChI=1S/C12H16N2O3/c1-14(7-6-11(15)16)8-9-4-2-3-5-10(9)12(13)17/h2-5H,6-8H2,1H3,(H2,13,17)(H,15,16). The van der Waals surface area contributed by atoms with Crippen LogP contribution in [0.3, 0.4) is 0 Å². The first kappa shape index (κ1) is 13.2. The average molecular weight is 236 g/mol. The zero-order valence-corrected chi connectivity index (χ0v) is 9.72. The van der Waals surface area contributed by atoms with Crippen molar-refractivity contribution in [3.05, 3.63) is 35.4 Å². The van der Waals surface area contributed by atoms with Crippen molar-refractivity contribution in [2.75, 3.05) is 13.6 Å². The number of hydrogen-bond acceptors (Lipinski definition) is 3. The highest BCUT2D eigenvalue weighted by molar-refractivity contribution is 5.94. The normalized spacial score (nSPS) is 10.5. The van der Waals surface area contributed by atoms with Gasteiger partial charge in [-0.25, -0.2) is 0 Å². The van der Waals surface area contributed by atoms with Gasteiger partial charge in [-0.1, -0.05) is 18.2 Å². The third kappa shape index (κ3) is 4.24. The third-order valence-corrected chi connectivity index (χ3v) is 2.43. The van der Waals surface area contributed by atoms with Gasteiger partial charge in [0.25, 0.3) is 0 Å². The number of nitrogens with two attached hydrogens (primary N) is 1. The number of primary amides is 1. The fourth-order valence-electron chi connectivity index (χ4n) is 1.55. The van der Waals surface area contributed by atoms with Crippen LogP contribution in [0.2, 0.25) is 0 Å². The van der Waals surface area contributed by atoms with E-state index in [1.165, 1.54) is 0 Å². The maximum Gasteiger partial charge on any atom is 0.304 e. The molecule has 3 N–H and O–H groups in total. The predicted molar refractivity (Wildman–Crippen MR) is 63.5 cm³/mol. The lowest BCUT2D eigenvalue weighted by Crippen LogP contribution is -2.23. The molecule has 5 nitrogen and oxygen atoms in total. The van der Waals surface area contributed by atoms with Gasteiger partial charge in [-0.05, 0) is 18.7 Å². The second-order valence-electron chi connectivity index (χ2n) is 3.90. The van der Waals surface area contributed by atoms with E-state index in [2.05, 4.69) is 0 Å². The van der Waals surface area contributed by atoms with Gasteiger partial charge in [0.15, 0.2) is 0 Å². The minimum atomic E-state index is -0.833. The number of nitrogens with zero attached hydrogens (tertiary/aromatic N) is 1. The van der Waals surface area contributed by atoms with Gasteiger partial charge in [-0.2, -0.15) is 0 Å². The molecule has 0 spiro atoms. The molecule has 17 heavy (non-hydrogen) atoms. The van der Waals surface area contributed by atoms with Gasteiger partial charge in [-0.3, -0.25) is 9.59 Å². The van der Waals surface area contributed by atoms with Crippen molar-refractivity contribution in [3.8, 4) is 0 Å². The van der Waals surface area contributed by atoms with Crippen LogP contribution in [0.1, 0.15) is 22.3 Å². The van der Waals surface area contributed by atoms with Crippen molar-refractivity contribution in [1.29, 1.82) is 0 Å². The Balaban J connectivity index is 2.67. The predicted octanol–water partition coefficient (Wildman–Crippen LogP) is 0.692. The van der Waals surface area contributed by atoms with Crippen LogP contribution in [0.4, 0.5) is 0 Å². The Bertz CT molecular complexity index is 418. The van der Waals surface area contributed by atoms with Gasteiger partial charge < -0.3 is 15.7 Å². The van der Waals surface area contributed by atoms with Gasteiger partial charge in [0.2, 0.25) is 5.91 Å². The maximum atomic E-state index is 11.2. The second-order valence-corrected chi connectivity index (χ2v) is 3.90. The number of carboxylic acids is 1. The summed E-state index contributed by atoms with van der Waals surface area (Å²) in [5.41, 5.74) is 6.55. The van der Waals surface area contributed by atoms with Crippen LogP contribution in [-0.2, 0) is 11.3 Å². The molecule has 5 heteroatoms. The first-order valence-corrected chi connectivity index (χ1v) is 5.28. The number of carbonyl (C=O) groups is 2. The largest absolute Gasteiger partial charge is 0.481 e. The molecular weight excluding hydrogens is 220 g/mol. The summed E-state index contributed by atoms with van der Waals surface area (Å²) in [7, 11) is 1.81. The molecule has 0 aliphatic carbocycles. The molecular formula is C12H16N2O3. The Kier molecular flexibility index (Phi) is 4.66. The summed E-state index contributed by atoms with van der Waals surface area (Å²) in [5, 5.41) is 8.57. The summed E-state index contributed by atoms with van der Waals surface area (Å²) < 4.78 is 0. The number of amides is 1. The van der Waals surface area contributed by atoms with Crippen molar-refractivity contribution in [2.24, 2.45) is 5.73 Å². The Morgan fingerprint density at radius 3 is 2.59 bits per heavy atom. The second kappa shape index (κ2) is 6.00. The van der Waals surface area contributed by atoms with E-state index in [4.69, 9.17) is 10.8 Å². The summed E-state index contributed by atoms with van der Waals surface area (Å²) in [5.74, 6) is -1.30. The van der Waals surface area contributed by atoms with Crippen molar-refractivity contribution < 1.29 is 14.7 Å². The maximum absolute atomic E-state index is 11.2. The molecule has 0 heterocycles. The molecule has 1 rings (SSSR count). The smallest absolute Gasteiger partial charge is 0.304 e. The molecule has 92 valence electrons. The van der Waals surface area contributed by atoms with E-state index in [1.807, 2.05) is 17.0 Å². The molecule has 1 amide bonds. The molecule has 0 aliphatic heterocycles. The summed E-state index contributed by atoms with van der Waals surface area (Å²) >= 11 is 0. The van der Waals surface area contributed by atoms with Gasteiger partial charge in [-0.15, -0.1) is 0 Å². The Morgan fingerprint density at radius 2 is 2.00 bits per heavy atom. The molecule has 0 radical (unpaired) electrons. The molecule has 0 aliphatic rings. The lowest BCUT2D eigenvalue weighted by Gasteiger charge is -2.16. The number of carbonyl (C=O) groups excluding carboxylic acids is 1. The molecule has 0 aromatic heterocycles. The molecule has 1 aromatic rings. The van der Waals surface area contributed by atoms with Crippen molar-refractivity contribution in [1.82, 2.24) is 4.90 Å². The third-order valence-electron chi connectivity index (χ3n) is 2.43. The van der Waals surface area contributed by atoms with Gasteiger partial charge in [0.1, 0.15) is 0 Å². The number of rotatable bonds is 6. The minimum absolute atomic E-state index is 0.0786. The van der Waals surface area contributed by atoms with Gasteiger partial charge in [0.05, 0.1) is 6.42 Å². The van der Waals surface area contributed by atoms with E-state index < -0.39 is 11.9 Å². The van der Waals surface area contributed by atoms with Crippen LogP contribution in [0.25, 0.3) is 0 Å². The number of benzene rings is 1. The Labute approximate surface area is 99.8 Å². The average Bonchev–Trinajstić information content (AvgIpc) is 2.27. The van der Waals surface area contributed by atoms with E-state index >= 15 is 0 Å². The monoisotopic (exact) mass is 236 g/mol. The quantitative estimate of drug-likeness (QED) is 0.761. The molecule has 1 aromatic carbocycles. The number of aliphatic carboxylic acids is 1. The summed E-state index contributed by atoms with van der Waals surface area (Å²) in [6, 6.07) is 7.06. The lowest BCUT2D eigenvalue weighted by molar-refractivity contribution is -0.137. The SMILES string of the molecule is CN(CCC(=O)O)Cc1ccccc1C(N)=O. The highest BCUT2D eigenvalue weighted by Gasteiger charge is 2.09. The molecule has 0 saturated carbocycles. The van der Waals surface area contributed by atoms with Crippen LogP contribution in [0.5, 0.6) is 0 Å². The van der Waals surface area contributed by atoms with E-state index in [1.54, 1.807) is 19.2 Å². The van der Waals surface area contributed by atoms with Crippen LogP contribution in [-0.4, -0.2) is 35.5 Å². The van der Waals surface area contributed by atoms with Crippen LogP contribution in [0, 0.1) is 0 Å². The topological polar surface area (TPSA) is 83.6 Å². The molecule has 0 saturated heterocycles. The van der Waals surface area contributed by atoms with Crippen LogP contribution in [0.15, 0.2) is 24.3 Å². The van der Waals surface area contributed by atoms with E-state index in [9.17, 15) is 9.59 Å². The van der Waals surface area contributed by atoms with E-state index in [-0.39, 0.29) is 6.42 Å². The van der Waals surface area contributed by atoms with Crippen LogP contribution < -0.4 is 5.73 Å². The van der Waals surface area contributed by atoms with Gasteiger partial charge >= 0.3 is 5.97 Å².